The van der Waals surface area contributed by atoms with E-state index < -0.39 is 17.4 Å². The van der Waals surface area contributed by atoms with Gasteiger partial charge in [0.1, 0.15) is 0 Å². The Morgan fingerprint density at radius 2 is 2.04 bits per heavy atom. The molecule has 0 atom stereocenters. The van der Waals surface area contributed by atoms with Crippen LogP contribution in [0.2, 0.25) is 0 Å². The van der Waals surface area contributed by atoms with Crippen molar-refractivity contribution in [2.75, 3.05) is 31.9 Å². The summed E-state index contributed by atoms with van der Waals surface area (Å²) in [6, 6.07) is 4.48. The predicted octanol–water partition coefficient (Wildman–Crippen LogP) is 2.29. The van der Waals surface area contributed by atoms with Crippen molar-refractivity contribution in [2.45, 2.75) is 17.9 Å². The number of amides is 1. The van der Waals surface area contributed by atoms with E-state index in [4.69, 9.17) is 0 Å². The molecule has 0 saturated carbocycles. The van der Waals surface area contributed by atoms with Crippen molar-refractivity contribution in [1.82, 2.24) is 19.8 Å². The van der Waals surface area contributed by atoms with E-state index in [1.54, 1.807) is 16.2 Å². The van der Waals surface area contributed by atoms with Crippen LogP contribution in [0.25, 0.3) is 0 Å². The number of thiophene rings is 1. The van der Waals surface area contributed by atoms with Gasteiger partial charge in [-0.05, 0) is 11.4 Å². The molecule has 2 aromatic rings. The predicted molar refractivity (Wildman–Crippen MR) is 96.8 cm³/mol. The maximum absolute atomic E-state index is 12.7. The molecule has 3 heterocycles. The average Bonchev–Trinajstić information content (AvgIpc) is 3.12. The van der Waals surface area contributed by atoms with E-state index in [-0.39, 0.29) is 16.8 Å². The van der Waals surface area contributed by atoms with E-state index in [1.165, 1.54) is 4.88 Å². The molecule has 1 saturated heterocycles. The molecule has 0 aliphatic carbocycles. The number of aromatic nitrogens is 2. The van der Waals surface area contributed by atoms with Crippen molar-refractivity contribution in [3.05, 3.63) is 44.5 Å². The lowest BCUT2D eigenvalue weighted by atomic mass is 10.3. The van der Waals surface area contributed by atoms with Gasteiger partial charge in [0, 0.05) is 43.7 Å². The summed E-state index contributed by atoms with van der Waals surface area (Å²) in [6.07, 6.45) is -4.70. The Kier molecular flexibility index (Phi) is 6.22. The number of nitrogens with zero attached hydrogens (tertiary/aromatic N) is 3. The normalized spacial score (nSPS) is 15.9. The van der Waals surface area contributed by atoms with Crippen LogP contribution in [0.15, 0.2) is 33.5 Å². The van der Waals surface area contributed by atoms with Gasteiger partial charge in [-0.25, -0.2) is 4.98 Å². The third kappa shape index (κ3) is 5.56. The second-order valence-corrected chi connectivity index (χ2v) is 7.95. The van der Waals surface area contributed by atoms with Gasteiger partial charge in [-0.15, -0.1) is 11.3 Å². The molecule has 2 aromatic heterocycles. The summed E-state index contributed by atoms with van der Waals surface area (Å²) in [5.41, 5.74) is -2.15. The summed E-state index contributed by atoms with van der Waals surface area (Å²) in [5.74, 6) is -0.259. The van der Waals surface area contributed by atoms with Crippen LogP contribution in [0.1, 0.15) is 10.6 Å². The Balaban J connectivity index is 1.50. The number of halogens is 3. The number of aromatic amines is 1. The monoisotopic (exact) mass is 418 g/mol. The molecule has 6 nitrogen and oxygen atoms in total. The molecule has 1 amide bonds. The van der Waals surface area contributed by atoms with E-state index >= 15 is 0 Å². The Morgan fingerprint density at radius 1 is 1.30 bits per heavy atom. The fourth-order valence-corrected chi connectivity index (χ4v) is 4.17. The average molecular weight is 418 g/mol. The van der Waals surface area contributed by atoms with Gasteiger partial charge in [0.25, 0.3) is 5.56 Å². The van der Waals surface area contributed by atoms with Crippen molar-refractivity contribution in [3.63, 3.8) is 0 Å². The number of carbonyl (C=O) groups is 1. The molecular weight excluding hydrogens is 401 g/mol. The van der Waals surface area contributed by atoms with Crippen LogP contribution in [0.5, 0.6) is 0 Å². The van der Waals surface area contributed by atoms with Crippen molar-refractivity contribution in [1.29, 1.82) is 0 Å². The highest BCUT2D eigenvalue weighted by Crippen LogP contribution is 2.27. The zero-order chi connectivity index (χ0) is 19.4. The topological polar surface area (TPSA) is 69.3 Å². The summed E-state index contributed by atoms with van der Waals surface area (Å²) in [6.45, 7) is 3.47. The number of thioether (sulfide) groups is 1. The molecule has 0 aromatic carbocycles. The lowest BCUT2D eigenvalue weighted by molar-refractivity contribution is -0.141. The Hall–Kier alpha value is -1.85. The molecular formula is C16H17F3N4O2S2. The molecule has 0 unspecified atom stereocenters. The summed E-state index contributed by atoms with van der Waals surface area (Å²) in [5, 5.41) is 1.82. The number of H-pyrrole nitrogens is 1. The molecule has 1 fully saturated rings. The number of alkyl halides is 3. The second-order valence-electron chi connectivity index (χ2n) is 5.96. The largest absolute Gasteiger partial charge is 0.433 e. The summed E-state index contributed by atoms with van der Waals surface area (Å²) >= 11 is 2.49. The molecule has 0 radical (unpaired) electrons. The van der Waals surface area contributed by atoms with E-state index in [0.717, 1.165) is 31.4 Å². The van der Waals surface area contributed by atoms with Crippen molar-refractivity contribution < 1.29 is 18.0 Å². The zero-order valence-corrected chi connectivity index (χ0v) is 15.8. The molecule has 146 valence electrons. The fourth-order valence-electron chi connectivity index (χ4n) is 2.65. The highest BCUT2D eigenvalue weighted by atomic mass is 32.2. The Bertz CT molecular complexity index is 831. The lowest BCUT2D eigenvalue weighted by Gasteiger charge is -2.34. The van der Waals surface area contributed by atoms with Gasteiger partial charge in [0.05, 0.1) is 5.75 Å². The molecule has 0 spiro atoms. The van der Waals surface area contributed by atoms with Crippen LogP contribution < -0.4 is 5.56 Å². The molecule has 1 aliphatic rings. The first-order chi connectivity index (χ1) is 12.8. The number of carbonyl (C=O) groups excluding carboxylic acids is 1. The second kappa shape index (κ2) is 8.44. The Morgan fingerprint density at radius 3 is 2.67 bits per heavy atom. The van der Waals surface area contributed by atoms with Crippen molar-refractivity contribution in [3.8, 4) is 0 Å². The van der Waals surface area contributed by atoms with Crippen LogP contribution in [-0.4, -0.2) is 57.6 Å². The van der Waals surface area contributed by atoms with Gasteiger partial charge < -0.3 is 9.88 Å². The number of hydrogen-bond donors (Lipinski definition) is 1. The summed E-state index contributed by atoms with van der Waals surface area (Å²) in [7, 11) is 0. The number of hydrogen-bond acceptors (Lipinski definition) is 6. The molecule has 27 heavy (non-hydrogen) atoms. The highest BCUT2D eigenvalue weighted by molar-refractivity contribution is 7.99. The van der Waals surface area contributed by atoms with Crippen molar-refractivity contribution in [2.24, 2.45) is 0 Å². The molecule has 3 rings (SSSR count). The first kappa shape index (κ1) is 19.9. The molecule has 0 bridgehead atoms. The maximum Gasteiger partial charge on any atom is 0.433 e. The smallest absolute Gasteiger partial charge is 0.339 e. The van der Waals surface area contributed by atoms with E-state index in [9.17, 15) is 22.8 Å². The first-order valence-electron chi connectivity index (χ1n) is 8.15. The number of rotatable bonds is 5. The SMILES string of the molecule is O=C(CSc1nc(C(F)(F)F)cc(=O)[nH]1)N1CCN(Cc2cccs2)CC1. The summed E-state index contributed by atoms with van der Waals surface area (Å²) in [4.78, 5) is 34.5. The van der Waals surface area contributed by atoms with Gasteiger partial charge in [-0.1, -0.05) is 17.8 Å². The standard InChI is InChI=1S/C16H17F3N4O2S2/c17-16(18,19)12-8-13(24)21-15(20-12)27-10-14(25)23-5-3-22(4-6-23)9-11-2-1-7-26-11/h1-2,7-8H,3-6,9-10H2,(H,20,21,24). The van der Waals surface area contributed by atoms with Crippen LogP contribution >= 0.6 is 23.1 Å². The molecule has 1 N–H and O–H groups in total. The number of nitrogens with one attached hydrogen (secondary N) is 1. The van der Waals surface area contributed by atoms with Gasteiger partial charge in [0.2, 0.25) is 5.91 Å². The minimum atomic E-state index is -4.70. The van der Waals surface area contributed by atoms with Gasteiger partial charge in [-0.3, -0.25) is 14.5 Å². The summed E-state index contributed by atoms with van der Waals surface area (Å²) < 4.78 is 38.1. The van der Waals surface area contributed by atoms with Gasteiger partial charge >= 0.3 is 6.18 Å². The molecule has 11 heteroatoms. The lowest BCUT2D eigenvalue weighted by Crippen LogP contribution is -2.48. The van der Waals surface area contributed by atoms with Crippen LogP contribution in [-0.2, 0) is 17.5 Å². The Labute approximate surface area is 161 Å². The van der Waals surface area contributed by atoms with E-state index in [2.05, 4.69) is 20.9 Å². The third-order valence-corrected chi connectivity index (χ3v) is 5.75. The van der Waals surface area contributed by atoms with E-state index in [1.807, 2.05) is 11.4 Å². The fraction of sp³-hybridized carbons (Fsp3) is 0.438. The quantitative estimate of drug-likeness (QED) is 0.596. The third-order valence-electron chi connectivity index (χ3n) is 4.03. The van der Waals surface area contributed by atoms with Crippen LogP contribution in [0.4, 0.5) is 13.2 Å². The maximum atomic E-state index is 12.7. The van der Waals surface area contributed by atoms with Gasteiger partial charge in [-0.2, -0.15) is 13.2 Å². The molecule has 1 aliphatic heterocycles. The minimum Gasteiger partial charge on any atom is -0.339 e. The highest BCUT2D eigenvalue weighted by Gasteiger charge is 2.33. The van der Waals surface area contributed by atoms with Crippen molar-refractivity contribution >= 4 is 29.0 Å². The first-order valence-corrected chi connectivity index (χ1v) is 10.0. The zero-order valence-electron chi connectivity index (χ0n) is 14.2. The number of piperazine rings is 1. The minimum absolute atomic E-state index is 0.0742. The van der Waals surface area contributed by atoms with Gasteiger partial charge in [0.15, 0.2) is 10.9 Å². The van der Waals surface area contributed by atoms with Crippen LogP contribution in [0, 0.1) is 0 Å². The van der Waals surface area contributed by atoms with E-state index in [0.29, 0.717) is 19.2 Å². The van der Waals surface area contributed by atoms with Crippen LogP contribution in [0.3, 0.4) is 0 Å².